The van der Waals surface area contributed by atoms with Gasteiger partial charge in [0, 0.05) is 0 Å². The molecule has 0 N–H and O–H groups in total. The molecular weight excluding hydrogens is 304 g/mol. The second kappa shape index (κ2) is 8.85. The van der Waals surface area contributed by atoms with Gasteiger partial charge in [-0.1, -0.05) is 114 Å². The smallest absolute Gasteiger partial charge is 0.145 e. The van der Waals surface area contributed by atoms with E-state index in [1.807, 2.05) is 0 Å². The Hall–Kier alpha value is -1.34. The molecule has 1 fully saturated rings. The number of ether oxygens (including phenoxy) is 1. The molecule has 3 rings (SSSR count). The van der Waals surface area contributed by atoms with Crippen LogP contribution in [0.4, 0.5) is 0 Å². The molecule has 0 bridgehead atoms. The van der Waals surface area contributed by atoms with E-state index in [9.17, 15) is 0 Å². The van der Waals surface area contributed by atoms with Crippen LogP contribution < -0.4 is 0 Å². The quantitative estimate of drug-likeness (QED) is 0.293. The van der Waals surface area contributed by atoms with Gasteiger partial charge in [0.2, 0.25) is 0 Å². The van der Waals surface area contributed by atoms with Crippen LogP contribution in [-0.4, -0.2) is 5.60 Å². The van der Waals surface area contributed by atoms with Gasteiger partial charge in [0.15, 0.2) is 0 Å². The molecule has 2 aliphatic rings. The zero-order valence-corrected chi connectivity index (χ0v) is 15.9. The molecule has 1 aliphatic heterocycles. The molecule has 0 spiro atoms. The molecule has 1 aromatic carbocycles. The molecule has 1 saturated heterocycles. The van der Waals surface area contributed by atoms with Crippen molar-refractivity contribution in [2.75, 3.05) is 0 Å². The molecule has 1 nitrogen and oxygen atoms in total. The minimum absolute atomic E-state index is 0.0801. The summed E-state index contributed by atoms with van der Waals surface area (Å²) >= 11 is 0. The first kappa shape index (κ1) is 18.5. The molecule has 2 unspecified atom stereocenters. The standard InChI is InChI=1S/C24H34O/c1-2-3-4-5-6-7-8-9-10-14-19-23-20-15-16-21-24(23,25-23)22-17-12-11-13-18-22/h11-13,15-18,20-21H,2-10,14,19H2,1H3. The average molecular weight is 339 g/mol. The number of hydrogen-bond acceptors (Lipinski definition) is 1. The van der Waals surface area contributed by atoms with E-state index in [4.69, 9.17) is 4.74 Å². The predicted octanol–water partition coefficient (Wildman–Crippen LogP) is 7.09. The maximum Gasteiger partial charge on any atom is 0.145 e. The monoisotopic (exact) mass is 338 g/mol. The lowest BCUT2D eigenvalue weighted by atomic mass is 9.80. The van der Waals surface area contributed by atoms with Crippen LogP contribution in [0, 0.1) is 0 Å². The van der Waals surface area contributed by atoms with Gasteiger partial charge in [-0.25, -0.2) is 0 Å². The number of allylic oxidation sites excluding steroid dienone is 2. The SMILES string of the molecule is CCCCCCCCCCCCC12C=CC=CC1(c1ccccc1)O2. The molecule has 1 heteroatoms. The van der Waals surface area contributed by atoms with E-state index in [2.05, 4.69) is 61.6 Å². The van der Waals surface area contributed by atoms with Gasteiger partial charge >= 0.3 is 0 Å². The zero-order chi connectivity index (χ0) is 17.4. The van der Waals surface area contributed by atoms with Crippen LogP contribution in [0.15, 0.2) is 54.6 Å². The Morgan fingerprint density at radius 2 is 1.32 bits per heavy atom. The largest absolute Gasteiger partial charge is 0.348 e. The van der Waals surface area contributed by atoms with E-state index in [1.54, 1.807) is 0 Å². The molecule has 2 atom stereocenters. The zero-order valence-electron chi connectivity index (χ0n) is 15.9. The Bertz CT molecular complexity index is 573. The highest BCUT2D eigenvalue weighted by molar-refractivity contribution is 5.47. The summed E-state index contributed by atoms with van der Waals surface area (Å²) in [6.45, 7) is 2.28. The molecule has 0 amide bonds. The van der Waals surface area contributed by atoms with Crippen LogP contribution in [0.3, 0.4) is 0 Å². The summed E-state index contributed by atoms with van der Waals surface area (Å²) in [5, 5.41) is 0. The van der Waals surface area contributed by atoms with Gasteiger partial charge in [0.25, 0.3) is 0 Å². The lowest BCUT2D eigenvalue weighted by molar-refractivity contribution is 0.295. The van der Waals surface area contributed by atoms with E-state index in [1.165, 1.54) is 69.8 Å². The van der Waals surface area contributed by atoms with Crippen LogP contribution in [0.2, 0.25) is 0 Å². The molecule has 1 heterocycles. The Balaban J connectivity index is 1.36. The second-order valence-electron chi connectivity index (χ2n) is 7.74. The summed E-state index contributed by atoms with van der Waals surface area (Å²) in [7, 11) is 0. The first-order chi connectivity index (χ1) is 12.3. The number of unbranched alkanes of at least 4 members (excludes halogenated alkanes) is 9. The maximum absolute atomic E-state index is 6.35. The van der Waals surface area contributed by atoms with Crippen LogP contribution in [0.5, 0.6) is 0 Å². The summed E-state index contributed by atoms with van der Waals surface area (Å²) in [5.74, 6) is 0. The van der Waals surface area contributed by atoms with Crippen molar-refractivity contribution in [1.29, 1.82) is 0 Å². The fourth-order valence-electron chi connectivity index (χ4n) is 4.28. The molecule has 136 valence electrons. The first-order valence-electron chi connectivity index (χ1n) is 10.5. The van der Waals surface area contributed by atoms with Gasteiger partial charge in [0.1, 0.15) is 11.2 Å². The lowest BCUT2D eigenvalue weighted by Crippen LogP contribution is -2.22. The van der Waals surface area contributed by atoms with E-state index < -0.39 is 0 Å². The molecule has 1 aromatic rings. The van der Waals surface area contributed by atoms with Gasteiger partial charge in [-0.15, -0.1) is 0 Å². The summed E-state index contributed by atoms with van der Waals surface area (Å²) < 4.78 is 6.35. The minimum atomic E-state index is -0.192. The van der Waals surface area contributed by atoms with Crippen molar-refractivity contribution in [3.8, 4) is 0 Å². The fourth-order valence-corrected chi connectivity index (χ4v) is 4.28. The Kier molecular flexibility index (Phi) is 6.53. The first-order valence-corrected chi connectivity index (χ1v) is 10.5. The molecule has 0 saturated carbocycles. The molecule has 1 aliphatic carbocycles. The predicted molar refractivity (Wildman–Crippen MR) is 107 cm³/mol. The average Bonchev–Trinajstić information content (AvgIpc) is 3.35. The van der Waals surface area contributed by atoms with Crippen LogP contribution >= 0.6 is 0 Å². The van der Waals surface area contributed by atoms with Gasteiger partial charge in [-0.3, -0.25) is 0 Å². The van der Waals surface area contributed by atoms with Crippen molar-refractivity contribution >= 4 is 0 Å². The van der Waals surface area contributed by atoms with E-state index in [0.29, 0.717) is 0 Å². The third kappa shape index (κ3) is 4.26. The van der Waals surface area contributed by atoms with Crippen molar-refractivity contribution < 1.29 is 4.74 Å². The van der Waals surface area contributed by atoms with Crippen molar-refractivity contribution in [3.63, 3.8) is 0 Å². The van der Waals surface area contributed by atoms with Crippen LogP contribution in [-0.2, 0) is 10.3 Å². The normalized spacial score (nSPS) is 26.6. The van der Waals surface area contributed by atoms with Gasteiger partial charge < -0.3 is 4.74 Å². The van der Waals surface area contributed by atoms with E-state index in [-0.39, 0.29) is 11.2 Å². The van der Waals surface area contributed by atoms with Crippen LogP contribution in [0.25, 0.3) is 0 Å². The van der Waals surface area contributed by atoms with E-state index >= 15 is 0 Å². The second-order valence-corrected chi connectivity index (χ2v) is 7.74. The Morgan fingerprint density at radius 1 is 0.720 bits per heavy atom. The molecule has 25 heavy (non-hydrogen) atoms. The highest BCUT2D eigenvalue weighted by Gasteiger charge is 2.67. The summed E-state index contributed by atoms with van der Waals surface area (Å²) in [5.41, 5.74) is 1.02. The highest BCUT2D eigenvalue weighted by atomic mass is 16.6. The fraction of sp³-hybridized carbons (Fsp3) is 0.583. The molecule has 0 radical (unpaired) electrons. The van der Waals surface area contributed by atoms with Gasteiger partial charge in [0.05, 0.1) is 0 Å². The van der Waals surface area contributed by atoms with Gasteiger partial charge in [-0.2, -0.15) is 0 Å². The Morgan fingerprint density at radius 3 is 2.00 bits per heavy atom. The van der Waals surface area contributed by atoms with Crippen molar-refractivity contribution in [3.05, 3.63) is 60.2 Å². The minimum Gasteiger partial charge on any atom is -0.348 e. The van der Waals surface area contributed by atoms with E-state index in [0.717, 1.165) is 6.42 Å². The lowest BCUT2D eigenvalue weighted by Gasteiger charge is -2.17. The number of benzene rings is 1. The third-order valence-electron chi connectivity index (χ3n) is 5.84. The number of epoxide rings is 1. The summed E-state index contributed by atoms with van der Waals surface area (Å²) in [6.07, 6.45) is 23.8. The topological polar surface area (TPSA) is 12.5 Å². The third-order valence-corrected chi connectivity index (χ3v) is 5.84. The van der Waals surface area contributed by atoms with Crippen LogP contribution in [0.1, 0.15) is 83.1 Å². The summed E-state index contributed by atoms with van der Waals surface area (Å²) in [4.78, 5) is 0. The van der Waals surface area contributed by atoms with Gasteiger partial charge in [-0.05, 0) is 24.1 Å². The maximum atomic E-state index is 6.35. The molecular formula is C24H34O. The van der Waals surface area contributed by atoms with Crippen molar-refractivity contribution in [2.24, 2.45) is 0 Å². The summed E-state index contributed by atoms with van der Waals surface area (Å²) in [6, 6.07) is 10.7. The molecule has 0 aromatic heterocycles. The van der Waals surface area contributed by atoms with Crippen molar-refractivity contribution in [1.82, 2.24) is 0 Å². The Labute approximate surface area is 154 Å². The number of rotatable bonds is 12. The number of fused-ring (bicyclic) bond motifs is 1. The highest BCUT2D eigenvalue weighted by Crippen LogP contribution is 2.61. The van der Waals surface area contributed by atoms with Crippen molar-refractivity contribution in [2.45, 2.75) is 88.8 Å². The number of hydrogen-bond donors (Lipinski definition) is 0.